The van der Waals surface area contributed by atoms with E-state index in [-0.39, 0.29) is 11.7 Å². The summed E-state index contributed by atoms with van der Waals surface area (Å²) in [6, 6.07) is 7.88. The van der Waals surface area contributed by atoms with Gasteiger partial charge in [0.25, 0.3) is 5.91 Å². The first-order chi connectivity index (χ1) is 14.3. The highest BCUT2D eigenvalue weighted by molar-refractivity contribution is 7.14. The number of carbonyl (C=O) groups is 1. The van der Waals surface area contributed by atoms with Crippen LogP contribution in [0, 0.1) is 13.8 Å². The van der Waals surface area contributed by atoms with Crippen molar-refractivity contribution < 1.29 is 18.3 Å². The van der Waals surface area contributed by atoms with Crippen LogP contribution in [0.15, 0.2) is 35.7 Å². The van der Waals surface area contributed by atoms with E-state index in [1.165, 1.54) is 23.5 Å². The average Bonchev–Trinajstić information content (AvgIpc) is 3.26. The fourth-order valence-corrected chi connectivity index (χ4v) is 3.90. The molecule has 0 fully saturated rings. The molecule has 0 saturated carbocycles. The molecule has 3 aromatic heterocycles. The van der Waals surface area contributed by atoms with Gasteiger partial charge in [-0.2, -0.15) is 13.9 Å². The van der Waals surface area contributed by atoms with E-state index in [1.54, 1.807) is 35.3 Å². The topological polar surface area (TPSA) is 81.9 Å². The van der Waals surface area contributed by atoms with E-state index < -0.39 is 6.61 Å². The van der Waals surface area contributed by atoms with Crippen LogP contribution in [-0.4, -0.2) is 32.3 Å². The van der Waals surface area contributed by atoms with E-state index in [4.69, 9.17) is 0 Å². The second-order valence-electron chi connectivity index (χ2n) is 6.61. The van der Waals surface area contributed by atoms with E-state index >= 15 is 0 Å². The van der Waals surface area contributed by atoms with Crippen molar-refractivity contribution >= 4 is 33.4 Å². The molecular weight excluding hydrogens is 412 g/mol. The Bertz CT molecular complexity index is 1230. The Morgan fingerprint density at radius 2 is 1.93 bits per heavy atom. The maximum Gasteiger partial charge on any atom is 0.387 e. The molecule has 3 heterocycles. The van der Waals surface area contributed by atoms with Gasteiger partial charge in [-0.3, -0.25) is 14.8 Å². The summed E-state index contributed by atoms with van der Waals surface area (Å²) in [4.78, 5) is 21.8. The maximum atomic E-state index is 12.9. The highest BCUT2D eigenvalue weighted by atomic mass is 32.1. The third-order valence-electron chi connectivity index (χ3n) is 4.44. The van der Waals surface area contributed by atoms with Crippen molar-refractivity contribution in [3.05, 3.63) is 52.7 Å². The lowest BCUT2D eigenvalue weighted by Crippen LogP contribution is -2.13. The molecule has 0 bridgehead atoms. The number of alkyl halides is 2. The van der Waals surface area contributed by atoms with Gasteiger partial charge in [0, 0.05) is 23.7 Å². The quantitative estimate of drug-likeness (QED) is 0.503. The van der Waals surface area contributed by atoms with E-state index in [0.29, 0.717) is 33.1 Å². The minimum absolute atomic E-state index is 0.0708. The number of halogens is 2. The van der Waals surface area contributed by atoms with Gasteiger partial charge in [-0.05, 0) is 44.2 Å². The number of aromatic nitrogens is 4. The molecule has 0 spiro atoms. The van der Waals surface area contributed by atoms with Crippen LogP contribution < -0.4 is 10.1 Å². The summed E-state index contributed by atoms with van der Waals surface area (Å²) >= 11 is 1.27. The van der Waals surface area contributed by atoms with Gasteiger partial charge in [-0.1, -0.05) is 0 Å². The number of nitrogens with one attached hydrogen (secondary N) is 1. The largest absolute Gasteiger partial charge is 0.435 e. The van der Waals surface area contributed by atoms with Crippen molar-refractivity contribution in [1.82, 2.24) is 19.7 Å². The number of anilines is 1. The number of hydrogen-bond acceptors (Lipinski definition) is 6. The van der Waals surface area contributed by atoms with Gasteiger partial charge in [0.1, 0.15) is 5.75 Å². The Hall–Kier alpha value is -3.40. The zero-order valence-corrected chi connectivity index (χ0v) is 17.1. The summed E-state index contributed by atoms with van der Waals surface area (Å²) in [5.41, 5.74) is 3.89. The number of fused-ring (bicyclic) bond motifs is 1. The molecule has 1 N–H and O–H groups in total. The van der Waals surface area contributed by atoms with Crippen molar-refractivity contribution in [2.75, 3.05) is 5.32 Å². The van der Waals surface area contributed by atoms with Crippen LogP contribution in [0.25, 0.3) is 22.3 Å². The van der Waals surface area contributed by atoms with Crippen LogP contribution in [0.3, 0.4) is 0 Å². The van der Waals surface area contributed by atoms with Crippen molar-refractivity contribution in [3.8, 4) is 17.0 Å². The van der Waals surface area contributed by atoms with Gasteiger partial charge in [0.15, 0.2) is 10.8 Å². The lowest BCUT2D eigenvalue weighted by Gasteiger charge is -2.06. The minimum atomic E-state index is -2.87. The summed E-state index contributed by atoms with van der Waals surface area (Å²) in [7, 11) is 1.79. The second kappa shape index (κ2) is 7.79. The van der Waals surface area contributed by atoms with Crippen molar-refractivity contribution in [2.24, 2.45) is 7.05 Å². The molecule has 0 aliphatic heterocycles. The molecule has 0 unspecified atom stereocenters. The van der Waals surface area contributed by atoms with E-state index in [0.717, 1.165) is 11.3 Å². The van der Waals surface area contributed by atoms with Crippen LogP contribution in [0.1, 0.15) is 21.7 Å². The fourth-order valence-electron chi connectivity index (χ4n) is 3.18. The number of carbonyl (C=O) groups excluding carboxylic acids is 1. The molecule has 10 heteroatoms. The zero-order valence-electron chi connectivity index (χ0n) is 16.3. The zero-order chi connectivity index (χ0) is 21.4. The molecule has 154 valence electrons. The lowest BCUT2D eigenvalue weighted by molar-refractivity contribution is -0.0498. The van der Waals surface area contributed by atoms with Gasteiger partial charge in [0.05, 0.1) is 22.3 Å². The normalized spacial score (nSPS) is 11.3. The van der Waals surface area contributed by atoms with Gasteiger partial charge in [-0.25, -0.2) is 9.97 Å². The molecule has 4 aromatic rings. The first-order valence-corrected chi connectivity index (χ1v) is 9.83. The van der Waals surface area contributed by atoms with Crippen molar-refractivity contribution in [1.29, 1.82) is 0 Å². The standard InChI is InChI=1S/C20H17F2N5O2S/c1-10-8-14(16-11(2)26-27(3)17(16)23-10)18(28)25-20-24-15(9-30-20)12-4-6-13(7-5-12)29-19(21)22/h4-9,19H,1-3H3,(H,24,25,28). The van der Waals surface area contributed by atoms with Gasteiger partial charge in [-0.15, -0.1) is 11.3 Å². The lowest BCUT2D eigenvalue weighted by atomic mass is 10.1. The third kappa shape index (κ3) is 3.86. The molecule has 1 aromatic carbocycles. The van der Waals surface area contributed by atoms with Crippen LogP contribution in [-0.2, 0) is 7.05 Å². The molecule has 7 nitrogen and oxygen atoms in total. The Morgan fingerprint density at radius 3 is 2.63 bits per heavy atom. The number of aryl methyl sites for hydroxylation is 3. The van der Waals surface area contributed by atoms with Gasteiger partial charge >= 0.3 is 6.61 Å². The molecule has 4 rings (SSSR count). The predicted octanol–water partition coefficient (Wildman–Crippen LogP) is 4.56. The molecule has 0 saturated heterocycles. The number of benzene rings is 1. The predicted molar refractivity (Wildman–Crippen MR) is 110 cm³/mol. The average molecular weight is 429 g/mol. The Morgan fingerprint density at radius 1 is 1.20 bits per heavy atom. The number of rotatable bonds is 5. The van der Waals surface area contributed by atoms with Gasteiger partial charge in [0.2, 0.25) is 0 Å². The van der Waals surface area contributed by atoms with Crippen molar-refractivity contribution in [3.63, 3.8) is 0 Å². The summed E-state index contributed by atoms with van der Waals surface area (Å²) in [6.07, 6.45) is 0. The summed E-state index contributed by atoms with van der Waals surface area (Å²) in [6.45, 7) is 0.782. The highest BCUT2D eigenvalue weighted by Crippen LogP contribution is 2.28. The number of pyridine rings is 1. The van der Waals surface area contributed by atoms with Gasteiger partial charge < -0.3 is 4.74 Å². The first-order valence-electron chi connectivity index (χ1n) is 8.95. The molecule has 0 aliphatic carbocycles. The van der Waals surface area contributed by atoms with Crippen molar-refractivity contribution in [2.45, 2.75) is 20.5 Å². The highest BCUT2D eigenvalue weighted by Gasteiger charge is 2.19. The minimum Gasteiger partial charge on any atom is -0.435 e. The van der Waals surface area contributed by atoms with Crippen LogP contribution in [0.2, 0.25) is 0 Å². The first kappa shape index (κ1) is 19.9. The second-order valence-corrected chi connectivity index (χ2v) is 7.47. The molecule has 30 heavy (non-hydrogen) atoms. The number of thiazole rings is 1. The number of amides is 1. The molecule has 0 atom stereocenters. The van der Waals surface area contributed by atoms with E-state index in [2.05, 4.69) is 25.1 Å². The van der Waals surface area contributed by atoms with Crippen LogP contribution >= 0.6 is 11.3 Å². The summed E-state index contributed by atoms with van der Waals surface area (Å²) < 4.78 is 30.5. The molecular formula is C20H17F2N5O2S. The third-order valence-corrected chi connectivity index (χ3v) is 5.20. The summed E-state index contributed by atoms with van der Waals surface area (Å²) in [5.74, 6) is -0.232. The SMILES string of the molecule is Cc1cc(C(=O)Nc2nc(-c3ccc(OC(F)F)cc3)cs2)c2c(C)nn(C)c2n1. The monoisotopic (exact) mass is 429 g/mol. The molecule has 1 amide bonds. The fraction of sp³-hybridized carbons (Fsp3) is 0.200. The number of nitrogens with zero attached hydrogens (tertiary/aromatic N) is 4. The Balaban J connectivity index is 1.57. The van der Waals surface area contributed by atoms with E-state index in [9.17, 15) is 13.6 Å². The number of ether oxygens (including phenoxy) is 1. The number of hydrogen-bond donors (Lipinski definition) is 1. The van der Waals surface area contributed by atoms with E-state index in [1.807, 2.05) is 13.8 Å². The molecule has 0 radical (unpaired) electrons. The van der Waals surface area contributed by atoms with Crippen LogP contribution in [0.4, 0.5) is 13.9 Å². The Kier molecular flexibility index (Phi) is 5.17. The smallest absolute Gasteiger partial charge is 0.387 e. The summed E-state index contributed by atoms with van der Waals surface area (Å²) in [5, 5.41) is 10.1. The molecule has 0 aliphatic rings. The maximum absolute atomic E-state index is 12.9. The van der Waals surface area contributed by atoms with Crippen LogP contribution in [0.5, 0.6) is 5.75 Å². The Labute approximate surface area is 174 Å².